The smallest absolute Gasteiger partial charge is 0.166 e. The van der Waals surface area contributed by atoms with Gasteiger partial charge >= 0.3 is 0 Å². The molecule has 4 aromatic heterocycles. The first-order chi connectivity index (χ1) is 31.2. The van der Waals surface area contributed by atoms with Crippen molar-refractivity contribution in [3.63, 3.8) is 0 Å². The quantitative estimate of drug-likeness (QED) is 0.168. The van der Waals surface area contributed by atoms with Crippen LogP contribution in [0.5, 0.6) is 0 Å². The van der Waals surface area contributed by atoms with E-state index < -0.39 is 0 Å². The van der Waals surface area contributed by atoms with Gasteiger partial charge in [0.15, 0.2) is 17.5 Å². The zero-order chi connectivity index (χ0) is 41.4. The van der Waals surface area contributed by atoms with Crippen LogP contribution in [0.15, 0.2) is 212 Å². The molecule has 13 rings (SSSR count). The highest BCUT2D eigenvalue weighted by Gasteiger charge is 2.23. The molecule has 0 amide bonds. The fraction of sp³-hybridized carbons (Fsp3) is 0. The highest BCUT2D eigenvalue weighted by molar-refractivity contribution is 7.26. The van der Waals surface area contributed by atoms with Crippen LogP contribution in [0.2, 0.25) is 0 Å². The van der Waals surface area contributed by atoms with Crippen LogP contribution in [0.3, 0.4) is 0 Å². The summed E-state index contributed by atoms with van der Waals surface area (Å²) in [6.45, 7) is 0. The third-order valence-corrected chi connectivity index (χ3v) is 13.6. The minimum atomic E-state index is 0.610. The van der Waals surface area contributed by atoms with Gasteiger partial charge in [-0.3, -0.25) is 0 Å². The molecular weight excluding hydrogens is 787 g/mol. The number of thiophene rings is 1. The average molecular weight is 822 g/mol. The zero-order valence-electron chi connectivity index (χ0n) is 33.9. The molecule has 0 bridgehead atoms. The molecule has 294 valence electrons. The summed E-state index contributed by atoms with van der Waals surface area (Å²) in [7, 11) is 0. The van der Waals surface area contributed by atoms with Gasteiger partial charge in [0.05, 0.1) is 27.8 Å². The fourth-order valence-electron chi connectivity index (χ4n) is 9.54. The molecule has 6 heteroatoms. The van der Waals surface area contributed by atoms with Gasteiger partial charge in [0.25, 0.3) is 0 Å². The van der Waals surface area contributed by atoms with Gasteiger partial charge in [0.1, 0.15) is 0 Å². The van der Waals surface area contributed by atoms with Crippen LogP contribution >= 0.6 is 11.3 Å². The molecule has 4 heterocycles. The first-order valence-electron chi connectivity index (χ1n) is 21.2. The largest absolute Gasteiger partial charge is 0.309 e. The van der Waals surface area contributed by atoms with E-state index in [1.165, 1.54) is 42.8 Å². The van der Waals surface area contributed by atoms with E-state index in [0.717, 1.165) is 60.2 Å². The number of fused-ring (bicyclic) bond motifs is 9. The third-order valence-electron chi connectivity index (χ3n) is 12.4. The lowest BCUT2D eigenvalue weighted by Gasteiger charge is -2.15. The van der Waals surface area contributed by atoms with E-state index in [-0.39, 0.29) is 0 Å². The first-order valence-corrected chi connectivity index (χ1v) is 22.0. The molecular formula is C57H35N5S. The average Bonchev–Trinajstić information content (AvgIpc) is 4.02. The van der Waals surface area contributed by atoms with Gasteiger partial charge in [0, 0.05) is 64.1 Å². The van der Waals surface area contributed by atoms with Crippen molar-refractivity contribution >= 4 is 75.1 Å². The second-order valence-electron chi connectivity index (χ2n) is 16.0. The minimum Gasteiger partial charge on any atom is -0.309 e. The normalized spacial score (nSPS) is 11.8. The maximum atomic E-state index is 5.52. The van der Waals surface area contributed by atoms with Crippen molar-refractivity contribution in [1.82, 2.24) is 24.1 Å². The second-order valence-corrected chi connectivity index (χ2v) is 17.0. The Labute approximate surface area is 366 Å². The van der Waals surface area contributed by atoms with Crippen molar-refractivity contribution < 1.29 is 0 Å². The Morgan fingerprint density at radius 1 is 0.317 bits per heavy atom. The molecule has 0 radical (unpaired) electrons. The van der Waals surface area contributed by atoms with Crippen molar-refractivity contribution in [2.45, 2.75) is 0 Å². The number of hydrogen-bond donors (Lipinski definition) is 0. The van der Waals surface area contributed by atoms with E-state index in [2.05, 4.69) is 203 Å². The van der Waals surface area contributed by atoms with Crippen molar-refractivity contribution in [1.29, 1.82) is 0 Å². The molecule has 0 saturated heterocycles. The molecule has 0 atom stereocenters. The Balaban J connectivity index is 1.12. The summed E-state index contributed by atoms with van der Waals surface area (Å²) in [4.78, 5) is 16.2. The fourth-order valence-corrected chi connectivity index (χ4v) is 10.7. The third kappa shape index (κ3) is 5.66. The highest BCUT2D eigenvalue weighted by Crippen LogP contribution is 2.45. The maximum Gasteiger partial charge on any atom is 0.166 e. The summed E-state index contributed by atoms with van der Waals surface area (Å²) >= 11 is 1.79. The first kappa shape index (κ1) is 35.6. The molecule has 0 saturated carbocycles. The van der Waals surface area contributed by atoms with Crippen molar-refractivity contribution in [2.75, 3.05) is 0 Å². The molecule has 0 aliphatic carbocycles. The van der Waals surface area contributed by atoms with Crippen LogP contribution in [-0.4, -0.2) is 24.1 Å². The standard InChI is InChI=1S/C57H35N5S/c1-3-17-36(18-4-1)38-31-32-53-45(33-38)46-34-39(61-48-26-12-7-21-40(48)41-22-8-13-27-49(41)61)35-47(54(46)63-53)57-59-55(37-19-5-2-6-20-37)58-56(60-57)44-25-11-16-30-52(44)62-50-28-14-9-23-42(50)43-24-10-15-29-51(43)62/h1-35H. The maximum absolute atomic E-state index is 5.52. The Hall–Kier alpha value is -8.19. The molecule has 0 aliphatic rings. The van der Waals surface area contributed by atoms with Gasteiger partial charge < -0.3 is 9.13 Å². The summed E-state index contributed by atoms with van der Waals surface area (Å²) < 4.78 is 7.09. The van der Waals surface area contributed by atoms with Crippen LogP contribution in [-0.2, 0) is 0 Å². The summed E-state index contributed by atoms with van der Waals surface area (Å²) in [6, 6.07) is 75.5. The lowest BCUT2D eigenvalue weighted by Crippen LogP contribution is -2.04. The molecule has 0 spiro atoms. The van der Waals surface area contributed by atoms with E-state index in [0.29, 0.717) is 17.5 Å². The summed E-state index contributed by atoms with van der Waals surface area (Å²) in [5, 5.41) is 7.20. The molecule has 0 fully saturated rings. The second kappa shape index (κ2) is 14.2. The van der Waals surface area contributed by atoms with Gasteiger partial charge in [0.2, 0.25) is 0 Å². The Bertz CT molecular complexity index is 3810. The van der Waals surface area contributed by atoms with Crippen LogP contribution in [0.4, 0.5) is 0 Å². The van der Waals surface area contributed by atoms with Gasteiger partial charge in [-0.1, -0.05) is 152 Å². The number of nitrogens with zero attached hydrogens (tertiary/aromatic N) is 5. The number of hydrogen-bond acceptors (Lipinski definition) is 4. The predicted octanol–water partition coefficient (Wildman–Crippen LogP) is 15.1. The van der Waals surface area contributed by atoms with Crippen LogP contribution in [0.1, 0.15) is 0 Å². The van der Waals surface area contributed by atoms with E-state index >= 15 is 0 Å². The molecule has 0 unspecified atom stereocenters. The highest BCUT2D eigenvalue weighted by atomic mass is 32.1. The Morgan fingerprint density at radius 3 is 1.43 bits per heavy atom. The van der Waals surface area contributed by atoms with Crippen LogP contribution < -0.4 is 0 Å². The van der Waals surface area contributed by atoms with E-state index in [4.69, 9.17) is 15.0 Å². The molecule has 13 aromatic rings. The SMILES string of the molecule is c1ccc(-c2ccc3sc4c(-c5nc(-c6ccccc6)nc(-c6ccccc6-n6c7ccccc7c7ccccc76)n5)cc(-n5c6ccccc6c6ccccc65)cc4c3c2)cc1. The zero-order valence-corrected chi connectivity index (χ0v) is 34.7. The number of para-hydroxylation sites is 5. The molecule has 0 N–H and O–H groups in total. The predicted molar refractivity (Wildman–Crippen MR) is 263 cm³/mol. The van der Waals surface area contributed by atoms with Crippen LogP contribution in [0, 0.1) is 0 Å². The minimum absolute atomic E-state index is 0.610. The van der Waals surface area contributed by atoms with E-state index in [9.17, 15) is 0 Å². The Kier molecular flexibility index (Phi) is 8.01. The lowest BCUT2D eigenvalue weighted by atomic mass is 10.0. The summed E-state index contributed by atoms with van der Waals surface area (Å²) in [5.41, 5.74) is 11.8. The summed E-state index contributed by atoms with van der Waals surface area (Å²) in [5.74, 6) is 1.85. The van der Waals surface area contributed by atoms with Gasteiger partial charge in [-0.2, -0.15) is 0 Å². The van der Waals surface area contributed by atoms with E-state index in [1.54, 1.807) is 11.3 Å². The lowest BCUT2D eigenvalue weighted by molar-refractivity contribution is 1.07. The van der Waals surface area contributed by atoms with Gasteiger partial charge in [-0.15, -0.1) is 11.3 Å². The van der Waals surface area contributed by atoms with Crippen LogP contribution in [0.25, 0.3) is 120 Å². The van der Waals surface area contributed by atoms with Crippen molar-refractivity contribution in [3.05, 3.63) is 212 Å². The summed E-state index contributed by atoms with van der Waals surface area (Å²) in [6.07, 6.45) is 0. The number of benzene rings is 9. The van der Waals surface area contributed by atoms with Gasteiger partial charge in [-0.05, 0) is 71.8 Å². The number of aromatic nitrogens is 5. The Morgan fingerprint density at radius 2 is 0.810 bits per heavy atom. The van der Waals surface area contributed by atoms with Crippen molar-refractivity contribution in [3.8, 4) is 56.7 Å². The number of rotatable bonds is 6. The molecule has 0 aliphatic heterocycles. The topological polar surface area (TPSA) is 48.5 Å². The molecule has 63 heavy (non-hydrogen) atoms. The van der Waals surface area contributed by atoms with E-state index in [1.807, 2.05) is 18.2 Å². The monoisotopic (exact) mass is 821 g/mol. The van der Waals surface area contributed by atoms with Gasteiger partial charge in [-0.25, -0.2) is 15.0 Å². The molecule has 5 nitrogen and oxygen atoms in total. The molecule has 9 aromatic carbocycles. The van der Waals surface area contributed by atoms with Crippen molar-refractivity contribution in [2.24, 2.45) is 0 Å².